The number of rotatable bonds is 6. The molecule has 0 unspecified atom stereocenters. The highest BCUT2D eigenvalue weighted by Crippen LogP contribution is 2.20. The average molecular weight is 375 g/mol. The van der Waals surface area contributed by atoms with Crippen molar-refractivity contribution in [2.75, 3.05) is 32.0 Å². The zero-order valence-electron chi connectivity index (χ0n) is 15.3. The van der Waals surface area contributed by atoms with Crippen molar-refractivity contribution < 1.29 is 9.53 Å². The van der Waals surface area contributed by atoms with Gasteiger partial charge in [0.25, 0.3) is 0 Å². The normalized spacial score (nSPS) is 15.6. The van der Waals surface area contributed by atoms with Gasteiger partial charge in [-0.15, -0.1) is 11.3 Å². The molecule has 0 spiro atoms. The van der Waals surface area contributed by atoms with E-state index >= 15 is 0 Å². The Labute approximate surface area is 158 Å². The maximum Gasteiger partial charge on any atom is 0.319 e. The molecule has 1 aromatic carbocycles. The fourth-order valence-corrected chi connectivity index (χ4v) is 3.66. The monoisotopic (exact) mass is 374 g/mol. The van der Waals surface area contributed by atoms with Gasteiger partial charge in [0, 0.05) is 42.8 Å². The Hall–Kier alpha value is -2.12. The summed E-state index contributed by atoms with van der Waals surface area (Å²) in [5.41, 5.74) is 1.78. The third-order valence-corrected chi connectivity index (χ3v) is 5.40. The van der Waals surface area contributed by atoms with Crippen LogP contribution >= 0.6 is 11.3 Å². The second-order valence-electron chi connectivity index (χ2n) is 6.66. The van der Waals surface area contributed by atoms with E-state index in [1.807, 2.05) is 36.6 Å². The minimum absolute atomic E-state index is 0.206. The number of nitrogens with one attached hydrogen (secondary N) is 2. The number of nitrogens with zero attached hydrogens (tertiary/aromatic N) is 2. The quantitative estimate of drug-likeness (QED) is 0.814. The third kappa shape index (κ3) is 5.71. The van der Waals surface area contributed by atoms with E-state index < -0.39 is 0 Å². The number of hydrogen-bond acceptors (Lipinski definition) is 5. The average Bonchev–Trinajstić information content (AvgIpc) is 3.04. The number of benzene rings is 1. The minimum Gasteiger partial charge on any atom is -0.490 e. The number of likely N-dealkylation sites (tertiary alicyclic amines) is 1. The molecule has 1 aliphatic rings. The molecular formula is C19H26N4O2S. The fourth-order valence-electron chi connectivity index (χ4n) is 2.89. The first-order chi connectivity index (χ1) is 12.6. The predicted molar refractivity (Wildman–Crippen MR) is 105 cm³/mol. The van der Waals surface area contributed by atoms with Crippen LogP contribution in [0.15, 0.2) is 29.6 Å². The summed E-state index contributed by atoms with van der Waals surface area (Å²) < 4.78 is 6.02. The molecule has 7 heteroatoms. The first-order valence-electron chi connectivity index (χ1n) is 8.99. The van der Waals surface area contributed by atoms with Gasteiger partial charge in [0.1, 0.15) is 11.9 Å². The van der Waals surface area contributed by atoms with Gasteiger partial charge in [-0.3, -0.25) is 0 Å². The van der Waals surface area contributed by atoms with Gasteiger partial charge in [0.05, 0.1) is 5.01 Å². The van der Waals surface area contributed by atoms with E-state index in [0.29, 0.717) is 6.54 Å². The molecule has 6 nitrogen and oxygen atoms in total. The molecule has 140 valence electrons. The Balaban J connectivity index is 1.39. The predicted octanol–water partition coefficient (Wildman–Crippen LogP) is 3.29. The summed E-state index contributed by atoms with van der Waals surface area (Å²) in [5, 5.41) is 8.75. The molecule has 2 heterocycles. The lowest BCUT2D eigenvalue weighted by molar-refractivity contribution is 0.114. The van der Waals surface area contributed by atoms with Gasteiger partial charge in [0.15, 0.2) is 0 Å². The van der Waals surface area contributed by atoms with Crippen molar-refractivity contribution in [3.8, 4) is 5.75 Å². The number of urea groups is 1. The summed E-state index contributed by atoms with van der Waals surface area (Å²) in [6.45, 7) is 4.69. The molecule has 0 saturated carbocycles. The molecule has 2 N–H and O–H groups in total. The number of amides is 2. The lowest BCUT2D eigenvalue weighted by atomic mass is 10.1. The minimum atomic E-state index is -0.206. The van der Waals surface area contributed by atoms with Gasteiger partial charge in [-0.2, -0.15) is 0 Å². The smallest absolute Gasteiger partial charge is 0.319 e. The van der Waals surface area contributed by atoms with E-state index in [4.69, 9.17) is 4.74 Å². The van der Waals surface area contributed by atoms with Gasteiger partial charge in [-0.25, -0.2) is 9.78 Å². The standard InChI is InChI=1S/C19H26N4O2S/c1-14-13-26-18(21-14)7-10-20-19(24)22-15-3-5-16(6-4-15)25-17-8-11-23(2)12-9-17/h3-6,13,17H,7-12H2,1-2H3,(H2,20,22,24). The summed E-state index contributed by atoms with van der Waals surface area (Å²) >= 11 is 1.62. The SMILES string of the molecule is Cc1csc(CCNC(=O)Nc2ccc(OC3CCN(C)CC3)cc2)n1. The summed E-state index contributed by atoms with van der Waals surface area (Å²) in [6.07, 6.45) is 3.13. The fraction of sp³-hybridized carbons (Fsp3) is 0.474. The Kier molecular flexibility index (Phi) is 6.46. The number of aryl methyl sites for hydroxylation is 1. The molecule has 0 atom stereocenters. The molecule has 2 aromatic rings. The van der Waals surface area contributed by atoms with Crippen LogP contribution in [0.3, 0.4) is 0 Å². The van der Waals surface area contributed by atoms with E-state index in [1.54, 1.807) is 11.3 Å². The zero-order chi connectivity index (χ0) is 18.4. The van der Waals surface area contributed by atoms with Crippen LogP contribution in [0.4, 0.5) is 10.5 Å². The maximum atomic E-state index is 12.0. The Morgan fingerprint density at radius 2 is 2.04 bits per heavy atom. The molecule has 1 saturated heterocycles. The van der Waals surface area contributed by atoms with Crippen molar-refractivity contribution >= 4 is 23.1 Å². The van der Waals surface area contributed by atoms with Crippen LogP contribution in [-0.2, 0) is 6.42 Å². The van der Waals surface area contributed by atoms with Crippen molar-refractivity contribution in [3.63, 3.8) is 0 Å². The van der Waals surface area contributed by atoms with Crippen LogP contribution in [0.25, 0.3) is 0 Å². The van der Waals surface area contributed by atoms with E-state index in [1.165, 1.54) is 0 Å². The molecule has 0 radical (unpaired) electrons. The number of carbonyl (C=O) groups is 1. The van der Waals surface area contributed by atoms with Crippen LogP contribution in [-0.4, -0.2) is 48.7 Å². The summed E-state index contributed by atoms with van der Waals surface area (Å²) in [7, 11) is 2.14. The first kappa shape index (κ1) is 18.7. The van der Waals surface area contributed by atoms with E-state index in [-0.39, 0.29) is 12.1 Å². The highest BCUT2D eigenvalue weighted by atomic mass is 32.1. The van der Waals surface area contributed by atoms with Crippen LogP contribution in [0.1, 0.15) is 23.5 Å². The molecule has 0 bridgehead atoms. The highest BCUT2D eigenvalue weighted by molar-refractivity contribution is 7.09. The number of carbonyl (C=O) groups excluding carboxylic acids is 1. The second-order valence-corrected chi connectivity index (χ2v) is 7.60. The van der Waals surface area contributed by atoms with Crippen molar-refractivity contribution in [2.24, 2.45) is 0 Å². The summed E-state index contributed by atoms with van der Waals surface area (Å²) in [4.78, 5) is 18.7. The van der Waals surface area contributed by atoms with Crippen LogP contribution in [0, 0.1) is 6.92 Å². The zero-order valence-corrected chi connectivity index (χ0v) is 16.1. The van der Waals surface area contributed by atoms with Crippen LogP contribution in [0.5, 0.6) is 5.75 Å². The molecular weight excluding hydrogens is 348 g/mol. The van der Waals surface area contributed by atoms with E-state index in [9.17, 15) is 4.79 Å². The van der Waals surface area contributed by atoms with Gasteiger partial charge in [-0.1, -0.05) is 0 Å². The molecule has 1 aromatic heterocycles. The van der Waals surface area contributed by atoms with Gasteiger partial charge >= 0.3 is 6.03 Å². The van der Waals surface area contributed by atoms with Crippen molar-refractivity contribution in [2.45, 2.75) is 32.3 Å². The third-order valence-electron chi connectivity index (χ3n) is 4.37. The summed E-state index contributed by atoms with van der Waals surface area (Å²) in [6, 6.07) is 7.35. The van der Waals surface area contributed by atoms with Crippen molar-refractivity contribution in [1.82, 2.24) is 15.2 Å². The number of thiazole rings is 1. The maximum absolute atomic E-state index is 12.0. The van der Waals surface area contributed by atoms with Crippen LogP contribution < -0.4 is 15.4 Å². The first-order valence-corrected chi connectivity index (χ1v) is 9.87. The number of aromatic nitrogens is 1. The van der Waals surface area contributed by atoms with E-state index in [0.717, 1.165) is 54.5 Å². The lowest BCUT2D eigenvalue weighted by Gasteiger charge is -2.29. The number of ether oxygens (including phenoxy) is 1. The Morgan fingerprint density at radius 3 is 2.69 bits per heavy atom. The largest absolute Gasteiger partial charge is 0.490 e. The molecule has 0 aliphatic carbocycles. The van der Waals surface area contributed by atoms with Crippen LogP contribution in [0.2, 0.25) is 0 Å². The lowest BCUT2D eigenvalue weighted by Crippen LogP contribution is -2.35. The Bertz CT molecular complexity index is 709. The molecule has 2 amide bonds. The summed E-state index contributed by atoms with van der Waals surface area (Å²) in [5.74, 6) is 0.852. The van der Waals surface area contributed by atoms with Crippen molar-refractivity contribution in [1.29, 1.82) is 0 Å². The molecule has 3 rings (SSSR count). The molecule has 1 fully saturated rings. The Morgan fingerprint density at radius 1 is 1.31 bits per heavy atom. The molecule has 26 heavy (non-hydrogen) atoms. The van der Waals surface area contributed by atoms with E-state index in [2.05, 4.69) is 27.6 Å². The number of anilines is 1. The van der Waals surface area contributed by atoms with Gasteiger partial charge in [0.2, 0.25) is 0 Å². The van der Waals surface area contributed by atoms with Gasteiger partial charge in [-0.05, 0) is 51.1 Å². The number of hydrogen-bond donors (Lipinski definition) is 2. The van der Waals surface area contributed by atoms with Gasteiger partial charge < -0.3 is 20.3 Å². The topological polar surface area (TPSA) is 66.5 Å². The molecule has 1 aliphatic heterocycles. The highest BCUT2D eigenvalue weighted by Gasteiger charge is 2.17. The van der Waals surface area contributed by atoms with Crippen molar-refractivity contribution in [3.05, 3.63) is 40.3 Å². The second kappa shape index (κ2) is 9.00. The number of piperidine rings is 1.